The van der Waals surface area contributed by atoms with Gasteiger partial charge in [0.25, 0.3) is 5.91 Å². The highest BCUT2D eigenvalue weighted by Gasteiger charge is 2.09. The first-order valence-corrected chi connectivity index (χ1v) is 4.83. The number of nitrogens with one attached hydrogen (secondary N) is 1. The van der Waals surface area contributed by atoms with Gasteiger partial charge in [0.15, 0.2) is 0 Å². The molecule has 15 heavy (non-hydrogen) atoms. The van der Waals surface area contributed by atoms with Crippen LogP contribution in [-0.2, 0) is 0 Å². The maximum atomic E-state index is 11.6. The minimum Gasteiger partial charge on any atom is -0.397 e. The van der Waals surface area contributed by atoms with Crippen molar-refractivity contribution in [1.82, 2.24) is 10.3 Å². The van der Waals surface area contributed by atoms with Crippen LogP contribution in [0.4, 0.5) is 5.69 Å². The molecule has 1 heterocycles. The zero-order valence-corrected chi connectivity index (χ0v) is 8.92. The quantitative estimate of drug-likeness (QED) is 0.465. The summed E-state index contributed by atoms with van der Waals surface area (Å²) in [5.74, 6) is -0.251. The Morgan fingerprint density at radius 3 is 3.13 bits per heavy atom. The van der Waals surface area contributed by atoms with Crippen LogP contribution in [0.1, 0.15) is 16.8 Å². The van der Waals surface area contributed by atoms with Crippen molar-refractivity contribution < 1.29 is 4.79 Å². The number of nitrogens with zero attached hydrogens (tertiary/aromatic N) is 1. The van der Waals surface area contributed by atoms with Crippen LogP contribution in [0.2, 0.25) is 5.15 Å². The zero-order valence-electron chi connectivity index (χ0n) is 8.16. The third-order valence-electron chi connectivity index (χ3n) is 1.78. The summed E-state index contributed by atoms with van der Waals surface area (Å²) in [7, 11) is 0. The van der Waals surface area contributed by atoms with Crippen LogP contribution in [-0.4, -0.2) is 17.4 Å². The highest BCUT2D eigenvalue weighted by molar-refractivity contribution is 6.29. The van der Waals surface area contributed by atoms with E-state index >= 15 is 0 Å². The molecule has 1 amide bonds. The van der Waals surface area contributed by atoms with Crippen LogP contribution < -0.4 is 11.1 Å². The van der Waals surface area contributed by atoms with E-state index in [0.717, 1.165) is 0 Å². The number of carbonyl (C=O) groups is 1. The molecule has 0 bridgehead atoms. The number of rotatable bonds is 4. The van der Waals surface area contributed by atoms with Crippen molar-refractivity contribution in [3.05, 3.63) is 35.6 Å². The first-order chi connectivity index (χ1) is 7.15. The topological polar surface area (TPSA) is 68.0 Å². The van der Waals surface area contributed by atoms with Gasteiger partial charge in [-0.15, -0.1) is 6.58 Å². The maximum absolute atomic E-state index is 11.6. The number of hydrogen-bond acceptors (Lipinski definition) is 3. The highest BCUT2D eigenvalue weighted by Crippen LogP contribution is 2.14. The van der Waals surface area contributed by atoms with Crippen molar-refractivity contribution in [2.75, 3.05) is 12.3 Å². The molecule has 0 aliphatic rings. The average molecular weight is 226 g/mol. The van der Waals surface area contributed by atoms with Gasteiger partial charge in [-0.05, 0) is 12.5 Å². The van der Waals surface area contributed by atoms with E-state index in [-0.39, 0.29) is 11.1 Å². The Kier molecular flexibility index (Phi) is 4.12. The molecule has 1 aromatic heterocycles. The standard InChI is InChI=1S/C10H12ClN3O/c1-2-3-4-13-10(15)7-5-9(11)14-6-8(7)12/h2,5-6H,1,3-4,12H2,(H,13,15). The second kappa shape index (κ2) is 5.36. The number of nitrogens with two attached hydrogens (primary N) is 1. The molecule has 1 rings (SSSR count). The van der Waals surface area contributed by atoms with E-state index in [0.29, 0.717) is 24.2 Å². The molecule has 0 saturated heterocycles. The van der Waals surface area contributed by atoms with Crippen LogP contribution in [0.15, 0.2) is 24.9 Å². The fourth-order valence-corrected chi connectivity index (χ4v) is 1.18. The fourth-order valence-electron chi connectivity index (χ4n) is 1.02. The van der Waals surface area contributed by atoms with Gasteiger partial charge in [0.1, 0.15) is 5.15 Å². The Hall–Kier alpha value is -1.55. The Balaban J connectivity index is 2.72. The van der Waals surface area contributed by atoms with Crippen LogP contribution in [0, 0.1) is 0 Å². The average Bonchev–Trinajstić information content (AvgIpc) is 2.22. The van der Waals surface area contributed by atoms with Gasteiger partial charge in [0.05, 0.1) is 17.4 Å². The SMILES string of the molecule is C=CCCNC(=O)c1cc(Cl)ncc1N. The highest BCUT2D eigenvalue weighted by atomic mass is 35.5. The molecular formula is C10H12ClN3O. The lowest BCUT2D eigenvalue weighted by Crippen LogP contribution is -2.25. The molecule has 0 atom stereocenters. The second-order valence-electron chi connectivity index (χ2n) is 2.93. The van der Waals surface area contributed by atoms with E-state index in [4.69, 9.17) is 17.3 Å². The minimum atomic E-state index is -0.251. The van der Waals surface area contributed by atoms with E-state index < -0.39 is 0 Å². The molecule has 0 fully saturated rings. The Bertz CT molecular complexity index is 379. The number of carbonyl (C=O) groups excluding carboxylic acids is 1. The lowest BCUT2D eigenvalue weighted by atomic mass is 10.2. The fraction of sp³-hybridized carbons (Fsp3) is 0.200. The summed E-state index contributed by atoms with van der Waals surface area (Å²) in [6.07, 6.45) is 3.80. The van der Waals surface area contributed by atoms with Gasteiger partial charge < -0.3 is 11.1 Å². The number of hydrogen-bond donors (Lipinski definition) is 2. The Labute approximate surface area is 93.1 Å². The van der Waals surface area contributed by atoms with E-state index in [2.05, 4.69) is 16.9 Å². The number of halogens is 1. The summed E-state index contributed by atoms with van der Waals surface area (Å²) in [5.41, 5.74) is 6.25. The monoisotopic (exact) mass is 225 g/mol. The van der Waals surface area contributed by atoms with Gasteiger partial charge in [0.2, 0.25) is 0 Å². The molecule has 0 spiro atoms. The van der Waals surface area contributed by atoms with Gasteiger partial charge in [0, 0.05) is 6.54 Å². The minimum absolute atomic E-state index is 0.248. The predicted molar refractivity (Wildman–Crippen MR) is 60.8 cm³/mol. The van der Waals surface area contributed by atoms with Crippen LogP contribution in [0.3, 0.4) is 0 Å². The van der Waals surface area contributed by atoms with E-state index in [9.17, 15) is 4.79 Å². The predicted octanol–water partition coefficient (Wildman–Crippen LogP) is 1.62. The summed E-state index contributed by atoms with van der Waals surface area (Å²) in [6.45, 7) is 4.08. The van der Waals surface area contributed by atoms with Crippen LogP contribution in [0.5, 0.6) is 0 Å². The van der Waals surface area contributed by atoms with Crippen LogP contribution in [0.25, 0.3) is 0 Å². The van der Waals surface area contributed by atoms with Crippen molar-refractivity contribution in [3.63, 3.8) is 0 Å². The van der Waals surface area contributed by atoms with Crippen molar-refractivity contribution in [3.8, 4) is 0 Å². The summed E-state index contributed by atoms with van der Waals surface area (Å²) in [6, 6.07) is 1.44. The smallest absolute Gasteiger partial charge is 0.253 e. The molecular weight excluding hydrogens is 214 g/mol. The van der Waals surface area contributed by atoms with Gasteiger partial charge in [-0.25, -0.2) is 4.98 Å². The molecule has 0 aliphatic carbocycles. The zero-order chi connectivity index (χ0) is 11.3. The van der Waals surface area contributed by atoms with Crippen LogP contribution >= 0.6 is 11.6 Å². The molecule has 1 aromatic rings. The largest absolute Gasteiger partial charge is 0.397 e. The third kappa shape index (κ3) is 3.25. The third-order valence-corrected chi connectivity index (χ3v) is 1.99. The summed E-state index contributed by atoms with van der Waals surface area (Å²) in [5, 5.41) is 2.94. The molecule has 0 saturated carbocycles. The normalized spacial score (nSPS) is 9.67. The molecule has 80 valence electrons. The maximum Gasteiger partial charge on any atom is 0.253 e. The van der Waals surface area contributed by atoms with Gasteiger partial charge in [-0.2, -0.15) is 0 Å². The number of anilines is 1. The van der Waals surface area contributed by atoms with Gasteiger partial charge >= 0.3 is 0 Å². The van der Waals surface area contributed by atoms with Crippen molar-refractivity contribution in [1.29, 1.82) is 0 Å². The molecule has 4 nitrogen and oxygen atoms in total. The summed E-state index contributed by atoms with van der Waals surface area (Å²) >= 11 is 5.66. The van der Waals surface area contributed by atoms with Gasteiger partial charge in [-0.1, -0.05) is 17.7 Å². The molecule has 5 heteroatoms. The number of amides is 1. The molecule has 0 unspecified atom stereocenters. The van der Waals surface area contributed by atoms with Crippen molar-refractivity contribution in [2.45, 2.75) is 6.42 Å². The molecule has 0 aromatic carbocycles. The Morgan fingerprint density at radius 1 is 1.73 bits per heavy atom. The first kappa shape index (κ1) is 11.5. The molecule has 0 radical (unpaired) electrons. The Morgan fingerprint density at radius 2 is 2.47 bits per heavy atom. The summed E-state index contributed by atoms with van der Waals surface area (Å²) < 4.78 is 0. The van der Waals surface area contributed by atoms with Crippen molar-refractivity contribution in [2.24, 2.45) is 0 Å². The lowest BCUT2D eigenvalue weighted by molar-refractivity contribution is 0.0955. The first-order valence-electron chi connectivity index (χ1n) is 4.45. The van der Waals surface area contributed by atoms with E-state index in [1.807, 2.05) is 0 Å². The number of nitrogen functional groups attached to an aromatic ring is 1. The number of pyridine rings is 1. The number of aromatic nitrogens is 1. The van der Waals surface area contributed by atoms with E-state index in [1.165, 1.54) is 12.3 Å². The molecule has 3 N–H and O–H groups in total. The lowest BCUT2D eigenvalue weighted by Gasteiger charge is -2.06. The summed E-state index contributed by atoms with van der Waals surface area (Å²) in [4.78, 5) is 15.3. The van der Waals surface area contributed by atoms with E-state index in [1.54, 1.807) is 6.08 Å². The van der Waals surface area contributed by atoms with Crippen molar-refractivity contribution >= 4 is 23.2 Å². The second-order valence-corrected chi connectivity index (χ2v) is 3.31. The molecule has 0 aliphatic heterocycles. The van der Waals surface area contributed by atoms with Gasteiger partial charge in [-0.3, -0.25) is 4.79 Å².